The number of carbonyl (C=O) groups is 7. The summed E-state index contributed by atoms with van der Waals surface area (Å²) in [6, 6.07) is 9.37. The van der Waals surface area contributed by atoms with Crippen LogP contribution in [-0.4, -0.2) is 100 Å². The van der Waals surface area contributed by atoms with Gasteiger partial charge in [-0.25, -0.2) is 0 Å². The molecule has 18 heteroatoms. The lowest BCUT2D eigenvalue weighted by Gasteiger charge is -2.35. The quantitative estimate of drug-likeness (QED) is 0.111. The highest BCUT2D eigenvalue weighted by atomic mass is 33.1. The number of phenolic OH excluding ortho intramolecular Hbond substituents is 1. The first-order valence-electron chi connectivity index (χ1n) is 17.5. The lowest BCUT2D eigenvalue weighted by molar-refractivity contribution is -0.134. The number of benzene rings is 2. The van der Waals surface area contributed by atoms with Gasteiger partial charge in [0.2, 0.25) is 41.4 Å². The zero-order valence-electron chi connectivity index (χ0n) is 30.5. The first-order valence-corrected chi connectivity index (χ1v) is 19.8. The van der Waals surface area contributed by atoms with Crippen LogP contribution >= 0.6 is 21.6 Å². The van der Waals surface area contributed by atoms with E-state index in [-0.39, 0.29) is 30.8 Å². The van der Waals surface area contributed by atoms with Gasteiger partial charge in [0.15, 0.2) is 0 Å². The zero-order valence-corrected chi connectivity index (χ0v) is 32.1. The molecule has 16 nitrogen and oxygen atoms in total. The molecule has 3 rings (SSSR count). The second-order valence-electron chi connectivity index (χ2n) is 13.4. The second-order valence-corrected chi connectivity index (χ2v) is 16.4. The Morgan fingerprint density at radius 1 is 0.963 bits per heavy atom. The highest BCUT2D eigenvalue weighted by Gasteiger charge is 2.41. The number of unbranched alkanes of at least 4 members (excludes halogenated alkanes) is 1. The van der Waals surface area contributed by atoms with Gasteiger partial charge in [-0.2, -0.15) is 0 Å². The van der Waals surface area contributed by atoms with Crippen LogP contribution in [0, 0.1) is 0 Å². The smallest absolute Gasteiger partial charge is 0.244 e. The topological polar surface area (TPSA) is 264 Å². The number of rotatable bonds is 14. The van der Waals surface area contributed by atoms with E-state index in [1.807, 2.05) is 6.92 Å². The third-order valence-electron chi connectivity index (χ3n) is 8.39. The van der Waals surface area contributed by atoms with Crippen LogP contribution < -0.4 is 43.4 Å². The molecule has 0 radical (unpaired) electrons. The Balaban J connectivity index is 1.91. The fourth-order valence-corrected chi connectivity index (χ4v) is 8.18. The van der Waals surface area contributed by atoms with Crippen molar-refractivity contribution in [3.05, 3.63) is 65.7 Å². The third kappa shape index (κ3) is 14.2. The van der Waals surface area contributed by atoms with Gasteiger partial charge in [-0.3, -0.25) is 33.6 Å². The molecule has 7 amide bonds. The van der Waals surface area contributed by atoms with Gasteiger partial charge in [0.05, 0.1) is 19.1 Å². The molecule has 5 atom stereocenters. The monoisotopic (exact) mass is 786 g/mol. The molecule has 1 heterocycles. The summed E-state index contributed by atoms with van der Waals surface area (Å²) in [5.74, 6) is -4.71. The summed E-state index contributed by atoms with van der Waals surface area (Å²) in [6.45, 7) is 4.36. The van der Waals surface area contributed by atoms with Crippen molar-refractivity contribution in [3.8, 4) is 5.75 Å². The van der Waals surface area contributed by atoms with E-state index in [2.05, 4.69) is 31.9 Å². The molecule has 0 saturated carbocycles. The lowest BCUT2D eigenvalue weighted by Crippen LogP contribution is -2.63. The molecule has 2 aromatic carbocycles. The Labute approximate surface area is 322 Å². The number of hydrogen-bond acceptors (Lipinski definition) is 11. The number of nitrogens with one attached hydrogen (secondary N) is 6. The molecule has 54 heavy (non-hydrogen) atoms. The van der Waals surface area contributed by atoms with Gasteiger partial charge in [0.1, 0.15) is 29.9 Å². The van der Waals surface area contributed by atoms with Crippen molar-refractivity contribution in [2.45, 2.75) is 87.8 Å². The van der Waals surface area contributed by atoms with E-state index in [0.29, 0.717) is 24.0 Å². The Hall–Kier alpha value is -4.81. The van der Waals surface area contributed by atoms with Crippen LogP contribution in [0.2, 0.25) is 0 Å². The number of aromatic hydroxyl groups is 1. The number of hydrogen-bond donors (Lipinski definition) is 9. The molecule has 1 fully saturated rings. The van der Waals surface area contributed by atoms with Crippen molar-refractivity contribution in [1.29, 1.82) is 0 Å². The van der Waals surface area contributed by atoms with Gasteiger partial charge in [0.25, 0.3) is 0 Å². The SMILES string of the molecule is CCCC[C@H](NC(=O)[C@H]1NC(=O)[C@H](Cc2ccccc2)NC(=O)CNC(=O)[C@H](NC(=O)[C@@H](N)Cc2ccc(O)cc2)CSSC1(C)C)C(=O)NCC(N)=O. The molecule has 0 spiro atoms. The van der Waals surface area contributed by atoms with Gasteiger partial charge in [-0.15, -0.1) is 0 Å². The summed E-state index contributed by atoms with van der Waals surface area (Å²) in [7, 11) is 2.31. The Kier molecular flexibility index (Phi) is 17.1. The number of amides is 7. The van der Waals surface area contributed by atoms with Gasteiger partial charge < -0.3 is 48.5 Å². The molecule has 11 N–H and O–H groups in total. The number of primary amides is 1. The second kappa shape index (κ2) is 21.2. The van der Waals surface area contributed by atoms with Crippen molar-refractivity contribution in [3.63, 3.8) is 0 Å². The minimum atomic E-state index is -1.28. The van der Waals surface area contributed by atoms with Gasteiger partial charge in [-0.1, -0.05) is 83.8 Å². The summed E-state index contributed by atoms with van der Waals surface area (Å²) >= 11 is 0. The molecule has 0 aliphatic carbocycles. The van der Waals surface area contributed by atoms with Crippen LogP contribution in [0.4, 0.5) is 0 Å². The van der Waals surface area contributed by atoms with Crippen LogP contribution in [0.1, 0.15) is 51.2 Å². The molecule has 1 aliphatic heterocycles. The molecule has 294 valence electrons. The average molecular weight is 787 g/mol. The molecule has 1 saturated heterocycles. The number of carbonyl (C=O) groups excluding carboxylic acids is 7. The maximum Gasteiger partial charge on any atom is 0.244 e. The molecule has 0 unspecified atom stereocenters. The van der Waals surface area contributed by atoms with E-state index < -0.39 is 89.4 Å². The van der Waals surface area contributed by atoms with E-state index in [0.717, 1.165) is 10.8 Å². The predicted molar refractivity (Wildman–Crippen MR) is 207 cm³/mol. The van der Waals surface area contributed by atoms with Crippen LogP contribution in [0.25, 0.3) is 0 Å². The highest BCUT2D eigenvalue weighted by Crippen LogP contribution is 2.39. The average Bonchev–Trinajstić information content (AvgIpc) is 3.13. The van der Waals surface area contributed by atoms with Crippen molar-refractivity contribution >= 4 is 62.9 Å². The predicted octanol–water partition coefficient (Wildman–Crippen LogP) is -0.475. The zero-order chi connectivity index (χ0) is 39.8. The van der Waals surface area contributed by atoms with Gasteiger partial charge in [0, 0.05) is 16.9 Å². The van der Waals surface area contributed by atoms with Crippen molar-refractivity contribution in [2.75, 3.05) is 18.8 Å². The Morgan fingerprint density at radius 3 is 2.30 bits per heavy atom. The minimum Gasteiger partial charge on any atom is -0.508 e. The largest absolute Gasteiger partial charge is 0.508 e. The first-order chi connectivity index (χ1) is 25.6. The number of phenols is 1. The Morgan fingerprint density at radius 2 is 1.65 bits per heavy atom. The van der Waals surface area contributed by atoms with Crippen molar-refractivity contribution in [2.24, 2.45) is 11.5 Å². The fourth-order valence-electron chi connectivity index (χ4n) is 5.36. The summed E-state index contributed by atoms with van der Waals surface area (Å²) in [6.07, 6.45) is 1.69. The van der Waals surface area contributed by atoms with Crippen molar-refractivity contribution < 1.29 is 38.7 Å². The summed E-state index contributed by atoms with van der Waals surface area (Å²) in [4.78, 5) is 92.2. The molecule has 0 aromatic heterocycles. The molecular weight excluding hydrogens is 737 g/mol. The highest BCUT2D eigenvalue weighted by molar-refractivity contribution is 8.77. The molecule has 2 aromatic rings. The van der Waals surface area contributed by atoms with Gasteiger partial charge in [-0.05, 0) is 49.9 Å². The van der Waals surface area contributed by atoms with Crippen LogP contribution in [0.3, 0.4) is 0 Å². The molecular formula is C36H50N8O8S2. The normalized spacial score (nSPS) is 20.4. The van der Waals surface area contributed by atoms with E-state index in [4.69, 9.17) is 11.5 Å². The standard InChI is InChI=1S/C36H50N8O8S2/c1-4-5-11-25(32(49)39-18-28(38)46)42-35(52)30-36(2,3)54-53-20-27(43-31(48)24(37)16-22-12-14-23(45)15-13-22)33(50)40-19-29(47)41-26(34(51)44-30)17-21-9-7-6-8-10-21/h6-10,12-15,24-27,30,45H,4-5,11,16-20,37H2,1-3H3,(H2,38,46)(H,39,49)(H,40,50)(H,41,47)(H,42,52)(H,43,48)(H,44,51)/t24-,25-,26-,27+,30+/m0/s1. The first kappa shape index (κ1) is 43.6. The Bertz CT molecular complexity index is 1630. The van der Waals surface area contributed by atoms with E-state index in [1.165, 1.54) is 22.9 Å². The van der Waals surface area contributed by atoms with Crippen molar-refractivity contribution in [1.82, 2.24) is 31.9 Å². The van der Waals surface area contributed by atoms with E-state index in [1.54, 1.807) is 56.3 Å². The van der Waals surface area contributed by atoms with Crippen LogP contribution in [-0.2, 0) is 46.4 Å². The van der Waals surface area contributed by atoms with Gasteiger partial charge >= 0.3 is 0 Å². The van der Waals surface area contributed by atoms with E-state index >= 15 is 0 Å². The fraction of sp³-hybridized carbons (Fsp3) is 0.472. The maximum atomic E-state index is 14.1. The number of nitrogens with two attached hydrogens (primary N) is 2. The third-order valence-corrected chi connectivity index (χ3v) is 11.7. The van der Waals surface area contributed by atoms with Crippen LogP contribution in [0.15, 0.2) is 54.6 Å². The summed E-state index contributed by atoms with van der Waals surface area (Å²) in [5, 5.41) is 25.4. The minimum absolute atomic E-state index is 0.0210. The molecule has 0 bridgehead atoms. The summed E-state index contributed by atoms with van der Waals surface area (Å²) in [5.41, 5.74) is 12.8. The molecule has 1 aliphatic rings. The lowest BCUT2D eigenvalue weighted by atomic mass is 9.99. The van der Waals surface area contributed by atoms with E-state index in [9.17, 15) is 38.7 Å². The maximum absolute atomic E-state index is 14.1. The summed E-state index contributed by atoms with van der Waals surface area (Å²) < 4.78 is -1.12. The van der Waals surface area contributed by atoms with Crippen LogP contribution in [0.5, 0.6) is 5.75 Å².